The Morgan fingerprint density at radius 2 is 2.05 bits per heavy atom. The Hall–Kier alpha value is -3.51. The first-order valence-electron chi connectivity index (χ1n) is 13.0. The molecule has 0 saturated heterocycles. The van der Waals surface area contributed by atoms with Gasteiger partial charge in [0.15, 0.2) is 0 Å². The first kappa shape index (κ1) is 26.6. The summed E-state index contributed by atoms with van der Waals surface area (Å²) in [5.74, 6) is 6.62. The van der Waals surface area contributed by atoms with Crippen molar-refractivity contribution in [2.75, 3.05) is 26.7 Å². The molecule has 2 aliphatic rings. The van der Waals surface area contributed by atoms with E-state index in [1.807, 2.05) is 13.8 Å². The molecule has 4 rings (SSSR count). The van der Waals surface area contributed by atoms with Crippen LogP contribution in [0.1, 0.15) is 72.4 Å². The number of fused-ring (bicyclic) bond motifs is 1. The summed E-state index contributed by atoms with van der Waals surface area (Å²) in [7, 11) is 1.68. The summed E-state index contributed by atoms with van der Waals surface area (Å²) >= 11 is 0. The van der Waals surface area contributed by atoms with Crippen LogP contribution >= 0.6 is 0 Å². The summed E-state index contributed by atoms with van der Waals surface area (Å²) in [6, 6.07) is 1.34. The Morgan fingerprint density at radius 1 is 1.27 bits per heavy atom. The van der Waals surface area contributed by atoms with Gasteiger partial charge in [0.25, 0.3) is 11.8 Å². The van der Waals surface area contributed by atoms with Crippen LogP contribution in [0, 0.1) is 23.7 Å². The van der Waals surface area contributed by atoms with Gasteiger partial charge in [-0.05, 0) is 31.7 Å². The van der Waals surface area contributed by atoms with Gasteiger partial charge in [0.2, 0.25) is 5.88 Å². The van der Waals surface area contributed by atoms with Crippen molar-refractivity contribution in [1.82, 2.24) is 24.8 Å². The molecule has 2 amide bonds. The molecule has 0 aromatic carbocycles. The molecule has 1 saturated carbocycles. The molecule has 0 spiro atoms. The maximum atomic E-state index is 13.6. The van der Waals surface area contributed by atoms with Crippen molar-refractivity contribution < 1.29 is 19.4 Å². The molecule has 1 aliphatic heterocycles. The number of carbonyl (C=O) groups excluding carboxylic acids is 2. The van der Waals surface area contributed by atoms with Crippen LogP contribution in [-0.2, 0) is 0 Å². The fraction of sp³-hybridized carbons (Fsp3) is 0.536. The van der Waals surface area contributed by atoms with Gasteiger partial charge < -0.3 is 19.6 Å². The van der Waals surface area contributed by atoms with Crippen molar-refractivity contribution in [2.24, 2.45) is 11.8 Å². The van der Waals surface area contributed by atoms with Gasteiger partial charge in [-0.2, -0.15) is 0 Å². The van der Waals surface area contributed by atoms with Gasteiger partial charge in [0, 0.05) is 50.1 Å². The molecule has 1 fully saturated rings. The van der Waals surface area contributed by atoms with E-state index in [9.17, 15) is 14.7 Å². The van der Waals surface area contributed by atoms with Gasteiger partial charge in [-0.1, -0.05) is 31.6 Å². The number of aromatic nitrogens is 3. The topological polar surface area (TPSA) is 109 Å². The third-order valence-electron chi connectivity index (χ3n) is 7.20. The van der Waals surface area contributed by atoms with Crippen molar-refractivity contribution in [2.45, 2.75) is 58.1 Å². The quantitative estimate of drug-likeness (QED) is 0.602. The molecule has 9 heteroatoms. The first-order chi connectivity index (χ1) is 17.9. The Bertz CT molecular complexity index is 1160. The summed E-state index contributed by atoms with van der Waals surface area (Å²) < 4.78 is 6.28. The Kier molecular flexibility index (Phi) is 8.72. The molecular formula is C28H35N5O4. The lowest BCUT2D eigenvalue weighted by atomic mass is 9.99. The summed E-state index contributed by atoms with van der Waals surface area (Å²) in [4.78, 5) is 42.2. The van der Waals surface area contributed by atoms with Gasteiger partial charge in [0.1, 0.15) is 17.4 Å². The van der Waals surface area contributed by atoms with Crippen LogP contribution < -0.4 is 4.74 Å². The van der Waals surface area contributed by atoms with Crippen LogP contribution in [0.25, 0.3) is 0 Å². The van der Waals surface area contributed by atoms with E-state index in [0.717, 1.165) is 6.42 Å². The maximum absolute atomic E-state index is 13.6. The minimum Gasteiger partial charge on any atom is -0.472 e. The van der Waals surface area contributed by atoms with Crippen LogP contribution in [0.2, 0.25) is 0 Å². The predicted molar refractivity (Wildman–Crippen MR) is 138 cm³/mol. The number of rotatable bonds is 6. The molecule has 0 radical (unpaired) electrons. The van der Waals surface area contributed by atoms with Crippen molar-refractivity contribution in [1.29, 1.82) is 0 Å². The average Bonchev–Trinajstić information content (AvgIpc) is 3.44. The van der Waals surface area contributed by atoms with Crippen molar-refractivity contribution in [3.8, 4) is 17.7 Å². The zero-order valence-electron chi connectivity index (χ0n) is 21.8. The van der Waals surface area contributed by atoms with E-state index in [0.29, 0.717) is 23.6 Å². The molecule has 3 atom stereocenters. The van der Waals surface area contributed by atoms with Gasteiger partial charge in [-0.25, -0.2) is 9.97 Å². The molecule has 37 heavy (non-hydrogen) atoms. The number of carbonyl (C=O) groups is 2. The van der Waals surface area contributed by atoms with E-state index >= 15 is 0 Å². The molecule has 2 aromatic heterocycles. The second kappa shape index (κ2) is 12.2. The van der Waals surface area contributed by atoms with Crippen molar-refractivity contribution >= 4 is 11.8 Å². The lowest BCUT2D eigenvalue weighted by molar-refractivity contribution is 0.0312. The zero-order valence-corrected chi connectivity index (χ0v) is 21.8. The lowest BCUT2D eigenvalue weighted by Gasteiger charge is -2.37. The number of pyridine rings is 1. The van der Waals surface area contributed by atoms with Crippen LogP contribution in [0.15, 0.2) is 30.9 Å². The molecule has 1 N–H and O–H groups in total. The number of amides is 2. The number of likely N-dealkylation sites (N-methyl/N-ethyl adjacent to an activating group) is 1. The standard InChI is InChI=1S/C28H35N5O4/c1-19-16-33(20(2)18-34)27(35)23-13-22(10-6-9-21-7-4-5-8-21)14-31-26(23)37-25(19)17-32(3)28(36)24-15-29-11-12-30-24/h11-15,19-21,25,34H,4-5,7-9,16-18H2,1-3H3/t19-,20+,25-/m0/s1. The number of ether oxygens (including phenoxy) is 1. The summed E-state index contributed by atoms with van der Waals surface area (Å²) in [6.07, 6.45) is 11.5. The zero-order chi connectivity index (χ0) is 26.4. The summed E-state index contributed by atoms with van der Waals surface area (Å²) in [6.45, 7) is 4.22. The third-order valence-corrected chi connectivity index (χ3v) is 7.20. The maximum Gasteiger partial charge on any atom is 0.273 e. The minimum atomic E-state index is -0.447. The van der Waals surface area contributed by atoms with E-state index in [2.05, 4.69) is 26.8 Å². The van der Waals surface area contributed by atoms with Crippen molar-refractivity contribution in [3.63, 3.8) is 0 Å². The van der Waals surface area contributed by atoms with Gasteiger partial charge in [0.05, 0.1) is 25.4 Å². The van der Waals surface area contributed by atoms with E-state index in [4.69, 9.17) is 4.74 Å². The second-order valence-corrected chi connectivity index (χ2v) is 10.1. The number of hydrogen-bond acceptors (Lipinski definition) is 7. The van der Waals surface area contributed by atoms with Gasteiger partial charge in [-0.15, -0.1) is 0 Å². The Balaban J connectivity index is 1.59. The highest BCUT2D eigenvalue weighted by Crippen LogP contribution is 2.28. The fourth-order valence-corrected chi connectivity index (χ4v) is 4.86. The van der Waals surface area contributed by atoms with E-state index in [1.165, 1.54) is 49.2 Å². The normalized spacial score (nSPS) is 20.6. The summed E-state index contributed by atoms with van der Waals surface area (Å²) in [5.41, 5.74) is 1.21. The minimum absolute atomic E-state index is 0.143. The SMILES string of the molecule is C[C@H](CO)N1C[C@H](C)[C@H](CN(C)C(=O)c2cnccn2)Oc2ncc(C#CCC3CCCC3)cc2C1=O. The molecule has 196 valence electrons. The number of aliphatic hydroxyl groups is 1. The van der Waals surface area contributed by atoms with Crippen LogP contribution in [0.4, 0.5) is 0 Å². The molecule has 0 bridgehead atoms. The molecule has 0 unspecified atom stereocenters. The van der Waals surface area contributed by atoms with Crippen molar-refractivity contribution in [3.05, 3.63) is 47.7 Å². The highest BCUT2D eigenvalue weighted by atomic mass is 16.5. The second-order valence-electron chi connectivity index (χ2n) is 10.1. The molecule has 9 nitrogen and oxygen atoms in total. The lowest BCUT2D eigenvalue weighted by Crippen LogP contribution is -2.50. The first-order valence-corrected chi connectivity index (χ1v) is 13.0. The van der Waals surface area contributed by atoms with E-state index in [-0.39, 0.29) is 42.5 Å². The number of aliphatic hydroxyl groups excluding tert-OH is 1. The van der Waals surface area contributed by atoms with Crippen LogP contribution in [0.5, 0.6) is 5.88 Å². The third kappa shape index (κ3) is 6.44. The monoisotopic (exact) mass is 505 g/mol. The molecule has 3 heterocycles. The smallest absolute Gasteiger partial charge is 0.273 e. The highest BCUT2D eigenvalue weighted by molar-refractivity contribution is 5.97. The number of nitrogens with zero attached hydrogens (tertiary/aromatic N) is 5. The van der Waals surface area contributed by atoms with E-state index < -0.39 is 12.1 Å². The van der Waals surface area contributed by atoms with E-state index in [1.54, 1.807) is 24.2 Å². The van der Waals surface area contributed by atoms with Crippen LogP contribution in [0.3, 0.4) is 0 Å². The fourth-order valence-electron chi connectivity index (χ4n) is 4.86. The largest absolute Gasteiger partial charge is 0.472 e. The summed E-state index contributed by atoms with van der Waals surface area (Å²) in [5, 5.41) is 9.86. The van der Waals surface area contributed by atoms with Gasteiger partial charge in [-0.3, -0.25) is 14.6 Å². The Labute approximate surface area is 218 Å². The number of hydrogen-bond donors (Lipinski definition) is 1. The molecular weight excluding hydrogens is 470 g/mol. The highest BCUT2D eigenvalue weighted by Gasteiger charge is 2.35. The van der Waals surface area contributed by atoms with Gasteiger partial charge >= 0.3 is 0 Å². The Morgan fingerprint density at radius 3 is 2.76 bits per heavy atom. The predicted octanol–water partition coefficient (Wildman–Crippen LogP) is 2.80. The molecule has 1 aliphatic carbocycles. The average molecular weight is 506 g/mol. The van der Waals surface area contributed by atoms with Crippen LogP contribution in [-0.4, -0.2) is 80.6 Å². The molecule has 2 aromatic rings.